The van der Waals surface area contributed by atoms with Crippen LogP contribution in [0.4, 0.5) is 4.39 Å². The monoisotopic (exact) mass is 407 g/mol. The van der Waals surface area contributed by atoms with E-state index in [0.717, 1.165) is 48.5 Å². The highest BCUT2D eigenvalue weighted by Gasteiger charge is 2.11. The summed E-state index contributed by atoms with van der Waals surface area (Å²) in [6.45, 7) is 4.94. The lowest BCUT2D eigenvalue weighted by Crippen LogP contribution is -2.37. The average Bonchev–Trinajstić information content (AvgIpc) is 3.41. The number of aliphatic imine (C=N–C) groups is 1. The summed E-state index contributed by atoms with van der Waals surface area (Å²) in [6.07, 6.45) is 5.39. The number of fused-ring (bicyclic) bond motifs is 1. The standard InChI is InChI=1S/C24H30FN5/c1-26-24(27-11-10-20-16-28-23-9-8-21(25)14-22(20)23)29-15-18-4-6-19(7-5-18)17-30-12-2-3-13-30/h4-9,14,16,28H,2-3,10-13,15,17H2,1H3,(H2,26,27,29). The van der Waals surface area contributed by atoms with Gasteiger partial charge in [-0.15, -0.1) is 0 Å². The molecular formula is C24H30FN5. The van der Waals surface area contributed by atoms with Crippen LogP contribution in [-0.4, -0.2) is 42.5 Å². The van der Waals surface area contributed by atoms with Gasteiger partial charge in [-0.05, 0) is 67.2 Å². The summed E-state index contributed by atoms with van der Waals surface area (Å²) in [7, 11) is 1.77. The van der Waals surface area contributed by atoms with E-state index in [1.54, 1.807) is 19.2 Å². The molecule has 3 N–H and O–H groups in total. The number of guanidine groups is 1. The van der Waals surface area contributed by atoms with E-state index in [-0.39, 0.29) is 5.82 Å². The van der Waals surface area contributed by atoms with Crippen molar-refractivity contribution in [1.82, 2.24) is 20.5 Å². The van der Waals surface area contributed by atoms with Gasteiger partial charge in [-0.25, -0.2) is 4.39 Å². The predicted octanol–water partition coefficient (Wildman–Crippen LogP) is 3.81. The molecule has 0 radical (unpaired) electrons. The molecule has 2 heterocycles. The molecule has 2 aromatic carbocycles. The van der Waals surface area contributed by atoms with E-state index in [1.807, 2.05) is 6.20 Å². The molecule has 0 spiro atoms. The van der Waals surface area contributed by atoms with Crippen molar-refractivity contribution in [1.29, 1.82) is 0 Å². The van der Waals surface area contributed by atoms with E-state index in [0.29, 0.717) is 0 Å². The first-order chi connectivity index (χ1) is 14.7. The number of aromatic amines is 1. The third-order valence-corrected chi connectivity index (χ3v) is 5.73. The molecule has 1 fully saturated rings. The van der Waals surface area contributed by atoms with Crippen molar-refractivity contribution in [3.05, 3.63) is 71.2 Å². The van der Waals surface area contributed by atoms with Crippen LogP contribution in [0.1, 0.15) is 29.5 Å². The number of likely N-dealkylation sites (tertiary alicyclic amines) is 1. The smallest absolute Gasteiger partial charge is 0.191 e. The van der Waals surface area contributed by atoms with Gasteiger partial charge < -0.3 is 15.6 Å². The minimum atomic E-state index is -0.208. The molecule has 0 unspecified atom stereocenters. The first-order valence-electron chi connectivity index (χ1n) is 10.7. The van der Waals surface area contributed by atoms with Gasteiger partial charge >= 0.3 is 0 Å². The van der Waals surface area contributed by atoms with Crippen LogP contribution in [0.25, 0.3) is 10.9 Å². The Kier molecular flexibility index (Phi) is 6.64. The van der Waals surface area contributed by atoms with Crippen LogP contribution < -0.4 is 10.6 Å². The van der Waals surface area contributed by atoms with E-state index in [9.17, 15) is 4.39 Å². The Morgan fingerprint density at radius 2 is 1.83 bits per heavy atom. The van der Waals surface area contributed by atoms with Gasteiger partial charge in [0.2, 0.25) is 0 Å². The third-order valence-electron chi connectivity index (χ3n) is 5.73. The molecule has 30 heavy (non-hydrogen) atoms. The Labute approximate surface area is 177 Å². The van der Waals surface area contributed by atoms with Crippen molar-refractivity contribution in [2.24, 2.45) is 4.99 Å². The van der Waals surface area contributed by atoms with Crippen LogP contribution in [0.5, 0.6) is 0 Å². The molecule has 0 saturated carbocycles. The molecule has 0 amide bonds. The normalized spacial score (nSPS) is 15.1. The highest BCUT2D eigenvalue weighted by molar-refractivity contribution is 5.83. The zero-order chi connectivity index (χ0) is 20.8. The average molecular weight is 408 g/mol. The van der Waals surface area contributed by atoms with Gasteiger partial charge in [0.25, 0.3) is 0 Å². The minimum absolute atomic E-state index is 0.208. The van der Waals surface area contributed by atoms with Crippen molar-refractivity contribution >= 4 is 16.9 Å². The van der Waals surface area contributed by atoms with Gasteiger partial charge in [-0.2, -0.15) is 0 Å². The van der Waals surface area contributed by atoms with Crippen molar-refractivity contribution < 1.29 is 4.39 Å². The van der Waals surface area contributed by atoms with E-state index < -0.39 is 0 Å². The molecule has 0 bridgehead atoms. The fourth-order valence-electron chi connectivity index (χ4n) is 4.04. The minimum Gasteiger partial charge on any atom is -0.361 e. The molecule has 1 aromatic heterocycles. The van der Waals surface area contributed by atoms with Crippen LogP contribution >= 0.6 is 0 Å². The van der Waals surface area contributed by atoms with E-state index in [4.69, 9.17) is 0 Å². The number of H-pyrrole nitrogens is 1. The lowest BCUT2D eigenvalue weighted by atomic mass is 10.1. The highest BCUT2D eigenvalue weighted by Crippen LogP contribution is 2.19. The van der Waals surface area contributed by atoms with E-state index in [2.05, 4.69) is 49.8 Å². The van der Waals surface area contributed by atoms with Crippen molar-refractivity contribution in [2.75, 3.05) is 26.7 Å². The second kappa shape index (κ2) is 9.76. The van der Waals surface area contributed by atoms with Crippen LogP contribution in [-0.2, 0) is 19.5 Å². The molecule has 0 atom stereocenters. The first kappa shape index (κ1) is 20.4. The molecule has 3 aromatic rings. The number of hydrogen-bond donors (Lipinski definition) is 3. The maximum absolute atomic E-state index is 13.5. The zero-order valence-electron chi connectivity index (χ0n) is 17.5. The summed E-state index contributed by atoms with van der Waals surface area (Å²) < 4.78 is 13.5. The topological polar surface area (TPSA) is 55.5 Å². The third kappa shape index (κ3) is 5.19. The maximum atomic E-state index is 13.5. The van der Waals surface area contributed by atoms with Crippen LogP contribution in [0.2, 0.25) is 0 Å². The Morgan fingerprint density at radius 3 is 2.60 bits per heavy atom. The summed E-state index contributed by atoms with van der Waals surface area (Å²) in [4.78, 5) is 10.0. The van der Waals surface area contributed by atoms with Crippen LogP contribution in [0.3, 0.4) is 0 Å². The predicted molar refractivity (Wildman–Crippen MR) is 121 cm³/mol. The summed E-state index contributed by atoms with van der Waals surface area (Å²) in [5.74, 6) is 0.558. The number of benzene rings is 2. The zero-order valence-corrected chi connectivity index (χ0v) is 17.5. The Morgan fingerprint density at radius 1 is 1.07 bits per heavy atom. The fraction of sp³-hybridized carbons (Fsp3) is 0.375. The molecule has 0 aliphatic carbocycles. The van der Waals surface area contributed by atoms with Gasteiger partial charge in [0, 0.05) is 43.8 Å². The Balaban J connectivity index is 1.24. The summed E-state index contributed by atoms with van der Waals surface area (Å²) >= 11 is 0. The van der Waals surface area contributed by atoms with Gasteiger partial charge in [-0.3, -0.25) is 9.89 Å². The fourth-order valence-corrected chi connectivity index (χ4v) is 4.04. The number of halogens is 1. The Bertz CT molecular complexity index is 987. The highest BCUT2D eigenvalue weighted by atomic mass is 19.1. The van der Waals surface area contributed by atoms with Gasteiger partial charge in [-0.1, -0.05) is 24.3 Å². The second-order valence-electron chi connectivity index (χ2n) is 7.91. The van der Waals surface area contributed by atoms with Crippen LogP contribution in [0.15, 0.2) is 53.7 Å². The summed E-state index contributed by atoms with van der Waals surface area (Å²) in [5.41, 5.74) is 4.66. The summed E-state index contributed by atoms with van der Waals surface area (Å²) in [5, 5.41) is 7.65. The van der Waals surface area contributed by atoms with E-state index >= 15 is 0 Å². The number of nitrogens with zero attached hydrogens (tertiary/aromatic N) is 2. The maximum Gasteiger partial charge on any atom is 0.191 e. The number of hydrogen-bond acceptors (Lipinski definition) is 2. The Hall–Kier alpha value is -2.86. The van der Waals surface area contributed by atoms with Crippen molar-refractivity contribution in [3.8, 4) is 0 Å². The van der Waals surface area contributed by atoms with Crippen molar-refractivity contribution in [3.63, 3.8) is 0 Å². The van der Waals surface area contributed by atoms with Gasteiger partial charge in [0.1, 0.15) is 5.82 Å². The largest absolute Gasteiger partial charge is 0.361 e. The quantitative estimate of drug-likeness (QED) is 0.412. The molecule has 6 heteroatoms. The lowest BCUT2D eigenvalue weighted by Gasteiger charge is -2.15. The van der Waals surface area contributed by atoms with Gasteiger partial charge in [0.05, 0.1) is 0 Å². The van der Waals surface area contributed by atoms with Crippen LogP contribution in [0, 0.1) is 5.82 Å². The lowest BCUT2D eigenvalue weighted by molar-refractivity contribution is 0.331. The molecule has 4 rings (SSSR count). The molecule has 158 valence electrons. The number of nitrogens with one attached hydrogen (secondary N) is 3. The van der Waals surface area contributed by atoms with E-state index in [1.165, 1.54) is 43.1 Å². The molecule has 1 aliphatic heterocycles. The first-order valence-corrected chi connectivity index (χ1v) is 10.7. The molecule has 1 saturated heterocycles. The molecule has 5 nitrogen and oxygen atoms in total. The number of rotatable bonds is 7. The summed E-state index contributed by atoms with van der Waals surface area (Å²) in [6, 6.07) is 13.7. The SMILES string of the molecule is CN=C(NCCc1c[nH]c2ccc(F)cc12)NCc1ccc(CN2CCCC2)cc1. The number of aromatic nitrogens is 1. The van der Waals surface area contributed by atoms with Gasteiger partial charge in [0.15, 0.2) is 5.96 Å². The second-order valence-corrected chi connectivity index (χ2v) is 7.91. The molecular weight excluding hydrogens is 377 g/mol. The van der Waals surface area contributed by atoms with Crippen molar-refractivity contribution in [2.45, 2.75) is 32.4 Å². The molecule has 1 aliphatic rings.